The summed E-state index contributed by atoms with van der Waals surface area (Å²) in [7, 11) is 1.59. The van der Waals surface area contributed by atoms with Crippen molar-refractivity contribution >= 4 is 5.82 Å². The number of hydrogen-bond donors (Lipinski definition) is 1. The first-order valence-electron chi connectivity index (χ1n) is 6.83. The summed E-state index contributed by atoms with van der Waals surface area (Å²) in [5.41, 5.74) is 1.67. The van der Waals surface area contributed by atoms with Crippen molar-refractivity contribution in [1.29, 1.82) is 0 Å². The summed E-state index contributed by atoms with van der Waals surface area (Å²) < 4.78 is 33.3. The summed E-state index contributed by atoms with van der Waals surface area (Å²) in [6.07, 6.45) is -2.16. The molecule has 0 spiro atoms. The molecule has 1 aliphatic rings. The minimum Gasteiger partial charge on any atom is -0.497 e. The predicted octanol–water partition coefficient (Wildman–Crippen LogP) is 3.56. The van der Waals surface area contributed by atoms with E-state index in [-0.39, 0.29) is 6.04 Å². The lowest BCUT2D eigenvalue weighted by molar-refractivity contribution is 0.0657. The molecule has 0 fully saturated rings. The van der Waals surface area contributed by atoms with Crippen molar-refractivity contribution in [3.8, 4) is 5.75 Å². The van der Waals surface area contributed by atoms with Gasteiger partial charge in [-0.15, -0.1) is 0 Å². The lowest BCUT2D eigenvalue weighted by atomic mass is 9.97. The van der Waals surface area contributed by atoms with E-state index in [1.54, 1.807) is 20.1 Å². The minimum absolute atomic E-state index is 0.178. The van der Waals surface area contributed by atoms with Gasteiger partial charge in [0, 0.05) is 6.07 Å². The van der Waals surface area contributed by atoms with Crippen LogP contribution < -0.4 is 10.1 Å². The molecule has 1 aromatic carbocycles. The number of nitrogens with zero attached hydrogens (tertiary/aromatic N) is 2. The van der Waals surface area contributed by atoms with Crippen LogP contribution in [0.3, 0.4) is 0 Å². The largest absolute Gasteiger partial charge is 0.497 e. The molecule has 0 radical (unpaired) electrons. The second-order valence-electron chi connectivity index (χ2n) is 5.23. The molecule has 3 rings (SSSR count). The number of alkyl halides is 2. The van der Waals surface area contributed by atoms with Crippen LogP contribution in [0.2, 0.25) is 0 Å². The van der Waals surface area contributed by atoms with E-state index in [9.17, 15) is 8.78 Å². The van der Waals surface area contributed by atoms with E-state index in [1.165, 1.54) is 4.68 Å². The lowest BCUT2D eigenvalue weighted by Gasteiger charge is -2.32. The second-order valence-corrected chi connectivity index (χ2v) is 5.23. The molecule has 21 heavy (non-hydrogen) atoms. The third-order valence-corrected chi connectivity index (χ3v) is 3.76. The highest BCUT2D eigenvalue weighted by Gasteiger charge is 2.34. The van der Waals surface area contributed by atoms with Crippen LogP contribution in [0.25, 0.3) is 0 Å². The topological polar surface area (TPSA) is 39.1 Å². The average Bonchev–Trinajstić information content (AvgIpc) is 2.86. The van der Waals surface area contributed by atoms with E-state index >= 15 is 0 Å². The smallest absolute Gasteiger partial charge is 0.260 e. The van der Waals surface area contributed by atoms with Gasteiger partial charge in [-0.2, -0.15) is 5.10 Å². The van der Waals surface area contributed by atoms with E-state index < -0.39 is 12.5 Å². The zero-order valence-electron chi connectivity index (χ0n) is 11.9. The van der Waals surface area contributed by atoms with Crippen molar-refractivity contribution in [3.05, 3.63) is 41.6 Å². The average molecular weight is 293 g/mol. The van der Waals surface area contributed by atoms with Gasteiger partial charge >= 0.3 is 0 Å². The van der Waals surface area contributed by atoms with Crippen molar-refractivity contribution in [3.63, 3.8) is 0 Å². The molecule has 1 N–H and O–H groups in total. The van der Waals surface area contributed by atoms with Gasteiger partial charge in [0.15, 0.2) is 0 Å². The standard InChI is InChI=1S/C15H17F2N3O/c1-9-6-14-18-12(8-13(15(16)17)20(14)19-9)10-4-3-5-11(7-10)21-2/h3-7,12-13,15,18H,8H2,1-2H3/t12-,13+/m1/s1. The van der Waals surface area contributed by atoms with Gasteiger partial charge in [-0.25, -0.2) is 13.5 Å². The van der Waals surface area contributed by atoms with Crippen LogP contribution in [0.5, 0.6) is 5.75 Å². The van der Waals surface area contributed by atoms with Crippen LogP contribution in [-0.4, -0.2) is 23.3 Å². The first-order valence-corrected chi connectivity index (χ1v) is 6.83. The number of aryl methyl sites for hydroxylation is 1. The highest BCUT2D eigenvalue weighted by atomic mass is 19.3. The fourth-order valence-corrected chi connectivity index (χ4v) is 2.74. The van der Waals surface area contributed by atoms with Gasteiger partial charge < -0.3 is 10.1 Å². The van der Waals surface area contributed by atoms with Gasteiger partial charge in [0.2, 0.25) is 0 Å². The number of rotatable bonds is 3. The van der Waals surface area contributed by atoms with Crippen molar-refractivity contribution < 1.29 is 13.5 Å². The first kappa shape index (κ1) is 13.9. The summed E-state index contributed by atoms with van der Waals surface area (Å²) >= 11 is 0. The van der Waals surface area contributed by atoms with Gasteiger partial charge in [-0.1, -0.05) is 12.1 Å². The van der Waals surface area contributed by atoms with Crippen LogP contribution >= 0.6 is 0 Å². The molecule has 0 bridgehead atoms. The van der Waals surface area contributed by atoms with Crippen LogP contribution in [0.4, 0.5) is 14.6 Å². The number of hydrogen-bond acceptors (Lipinski definition) is 3. The molecular weight excluding hydrogens is 276 g/mol. The molecule has 2 aromatic rings. The third-order valence-electron chi connectivity index (χ3n) is 3.76. The Kier molecular flexibility index (Phi) is 3.53. The molecule has 112 valence electrons. The minimum atomic E-state index is -2.45. The van der Waals surface area contributed by atoms with Gasteiger partial charge in [0.1, 0.15) is 17.6 Å². The van der Waals surface area contributed by atoms with E-state index in [0.29, 0.717) is 12.2 Å². The van der Waals surface area contributed by atoms with E-state index in [4.69, 9.17) is 4.74 Å². The van der Waals surface area contributed by atoms with Crippen LogP contribution in [-0.2, 0) is 0 Å². The number of benzene rings is 1. The molecule has 1 aromatic heterocycles. The number of aromatic nitrogens is 2. The predicted molar refractivity (Wildman–Crippen MR) is 76.0 cm³/mol. The molecule has 1 aliphatic heterocycles. The van der Waals surface area contributed by atoms with Gasteiger partial charge in [-0.05, 0) is 31.0 Å². The second kappa shape index (κ2) is 5.35. The molecule has 4 nitrogen and oxygen atoms in total. The Hall–Kier alpha value is -2.11. The highest BCUT2D eigenvalue weighted by Crippen LogP contribution is 2.38. The molecule has 2 atom stereocenters. The summed E-state index contributed by atoms with van der Waals surface area (Å²) in [5, 5.41) is 7.45. The number of nitrogens with one attached hydrogen (secondary N) is 1. The molecule has 0 saturated heterocycles. The van der Waals surface area contributed by atoms with Crippen LogP contribution in [0.1, 0.15) is 29.8 Å². The summed E-state index contributed by atoms with van der Waals surface area (Å²) in [6.45, 7) is 1.80. The van der Waals surface area contributed by atoms with Crippen molar-refractivity contribution in [2.45, 2.75) is 31.9 Å². The van der Waals surface area contributed by atoms with E-state index in [0.717, 1.165) is 17.0 Å². The Morgan fingerprint density at radius 1 is 1.38 bits per heavy atom. The first-order chi connectivity index (χ1) is 10.1. The molecule has 6 heteroatoms. The molecular formula is C15H17F2N3O. The quantitative estimate of drug-likeness (QED) is 0.940. The maximum atomic E-state index is 13.3. The fourth-order valence-electron chi connectivity index (χ4n) is 2.74. The Morgan fingerprint density at radius 3 is 2.90 bits per heavy atom. The zero-order valence-corrected chi connectivity index (χ0v) is 11.9. The van der Waals surface area contributed by atoms with Gasteiger partial charge in [-0.3, -0.25) is 0 Å². The van der Waals surface area contributed by atoms with Gasteiger partial charge in [0.05, 0.1) is 18.8 Å². The summed E-state index contributed by atoms with van der Waals surface area (Å²) in [5.74, 6) is 1.36. The highest BCUT2D eigenvalue weighted by molar-refractivity contribution is 5.44. The molecule has 0 saturated carbocycles. The number of methoxy groups -OCH3 is 1. The Balaban J connectivity index is 1.95. The zero-order chi connectivity index (χ0) is 15.0. The summed E-state index contributed by atoms with van der Waals surface area (Å²) in [6, 6.07) is 8.20. The number of ether oxygens (including phenoxy) is 1. The molecule has 0 unspecified atom stereocenters. The third kappa shape index (κ3) is 2.57. The molecule has 0 amide bonds. The van der Waals surface area contributed by atoms with Crippen molar-refractivity contribution in [1.82, 2.24) is 9.78 Å². The van der Waals surface area contributed by atoms with E-state index in [1.807, 2.05) is 24.3 Å². The fraction of sp³-hybridized carbons (Fsp3) is 0.400. The maximum absolute atomic E-state index is 13.3. The lowest BCUT2D eigenvalue weighted by Crippen LogP contribution is -2.30. The van der Waals surface area contributed by atoms with Crippen molar-refractivity contribution in [2.75, 3.05) is 12.4 Å². The summed E-state index contributed by atoms with van der Waals surface area (Å²) in [4.78, 5) is 0. The normalized spacial score (nSPS) is 21.0. The van der Waals surface area contributed by atoms with Gasteiger partial charge in [0.25, 0.3) is 6.43 Å². The maximum Gasteiger partial charge on any atom is 0.260 e. The number of fused-ring (bicyclic) bond motifs is 1. The Labute approximate surface area is 121 Å². The number of anilines is 1. The molecule has 2 heterocycles. The number of halogens is 2. The van der Waals surface area contributed by atoms with Crippen molar-refractivity contribution in [2.24, 2.45) is 0 Å². The Morgan fingerprint density at radius 2 is 2.19 bits per heavy atom. The van der Waals surface area contributed by atoms with Crippen LogP contribution in [0.15, 0.2) is 30.3 Å². The van der Waals surface area contributed by atoms with E-state index in [2.05, 4.69) is 10.4 Å². The SMILES string of the molecule is COc1cccc([C@H]2C[C@@H](C(F)F)n3nc(C)cc3N2)c1. The monoisotopic (exact) mass is 293 g/mol. The van der Waals surface area contributed by atoms with Crippen LogP contribution in [0, 0.1) is 6.92 Å². The Bertz CT molecular complexity index is 642. The molecule has 0 aliphatic carbocycles.